The predicted molar refractivity (Wildman–Crippen MR) is 138 cm³/mol. The van der Waals surface area contributed by atoms with Crippen molar-refractivity contribution in [3.63, 3.8) is 0 Å². The molecule has 2 saturated carbocycles. The van der Waals surface area contributed by atoms with Crippen LogP contribution in [0.15, 0.2) is 54.6 Å². The highest BCUT2D eigenvalue weighted by Crippen LogP contribution is 2.56. The lowest BCUT2D eigenvalue weighted by atomic mass is 9.99. The van der Waals surface area contributed by atoms with E-state index >= 15 is 0 Å². The van der Waals surface area contributed by atoms with Crippen molar-refractivity contribution < 1.29 is 0 Å². The molecule has 0 aliphatic heterocycles. The molecule has 2 aromatic carbocycles. The molecule has 0 bridgehead atoms. The summed E-state index contributed by atoms with van der Waals surface area (Å²) in [7, 11) is -0.111. The standard InChI is InChI=1S/C29H38NP/c1-22(2)30-27-19-11-9-13-23(27)21-28(30)26-18-10-12-20-29(26)31(24-14-5-3-6-15-24)25-16-7-4-8-17-25/h9-13,18-22,24-25H,3-8,14-17H2,1-2H3. The van der Waals surface area contributed by atoms with Gasteiger partial charge in [-0.3, -0.25) is 0 Å². The molecule has 0 amide bonds. The van der Waals surface area contributed by atoms with Crippen LogP contribution in [0.3, 0.4) is 0 Å². The van der Waals surface area contributed by atoms with E-state index in [4.69, 9.17) is 0 Å². The highest BCUT2D eigenvalue weighted by atomic mass is 31.1. The van der Waals surface area contributed by atoms with Crippen LogP contribution in [0.2, 0.25) is 0 Å². The number of hydrogen-bond donors (Lipinski definition) is 0. The maximum absolute atomic E-state index is 2.59. The lowest BCUT2D eigenvalue weighted by molar-refractivity contribution is 0.487. The fraction of sp³-hybridized carbons (Fsp3) is 0.517. The summed E-state index contributed by atoms with van der Waals surface area (Å²) in [5.41, 5.74) is 6.21. The number of rotatable bonds is 5. The first-order valence-electron chi connectivity index (χ1n) is 12.7. The van der Waals surface area contributed by atoms with Gasteiger partial charge in [0.1, 0.15) is 0 Å². The maximum Gasteiger partial charge on any atom is 0.0500 e. The Morgan fingerprint density at radius 3 is 1.97 bits per heavy atom. The van der Waals surface area contributed by atoms with E-state index in [1.807, 2.05) is 0 Å². The molecule has 164 valence electrons. The summed E-state index contributed by atoms with van der Waals surface area (Å²) in [6, 6.07) is 21.4. The lowest BCUT2D eigenvalue weighted by Crippen LogP contribution is -2.27. The van der Waals surface area contributed by atoms with Gasteiger partial charge in [-0.25, -0.2) is 0 Å². The third-order valence-corrected chi connectivity index (χ3v) is 11.2. The summed E-state index contributed by atoms with van der Waals surface area (Å²) < 4.78 is 2.59. The van der Waals surface area contributed by atoms with Gasteiger partial charge < -0.3 is 4.57 Å². The Morgan fingerprint density at radius 2 is 1.32 bits per heavy atom. The molecule has 2 aliphatic rings. The number of para-hydroxylation sites is 1. The monoisotopic (exact) mass is 431 g/mol. The van der Waals surface area contributed by atoms with Crippen molar-refractivity contribution in [2.75, 3.05) is 0 Å². The molecule has 5 rings (SSSR count). The SMILES string of the molecule is CC(C)n1c(-c2ccccc2P(C2CCCCC2)C2CCCCC2)cc2ccccc21. The number of hydrogen-bond acceptors (Lipinski definition) is 0. The molecule has 0 unspecified atom stereocenters. The molecule has 31 heavy (non-hydrogen) atoms. The smallest absolute Gasteiger partial charge is 0.0500 e. The van der Waals surface area contributed by atoms with Crippen molar-refractivity contribution in [2.24, 2.45) is 0 Å². The molecular formula is C29H38NP. The average Bonchev–Trinajstić information content (AvgIpc) is 3.21. The normalized spacial score (nSPS) is 19.0. The zero-order valence-corrected chi connectivity index (χ0v) is 20.3. The van der Waals surface area contributed by atoms with Gasteiger partial charge in [0.05, 0.1) is 0 Å². The number of benzene rings is 2. The highest BCUT2D eigenvalue weighted by Gasteiger charge is 2.34. The predicted octanol–water partition coefficient (Wildman–Crippen LogP) is 8.66. The van der Waals surface area contributed by atoms with Gasteiger partial charge in [-0.05, 0) is 68.3 Å². The summed E-state index contributed by atoms with van der Waals surface area (Å²) >= 11 is 0. The molecule has 3 aromatic rings. The molecule has 0 N–H and O–H groups in total. The number of fused-ring (bicyclic) bond motifs is 1. The Kier molecular flexibility index (Phi) is 6.51. The minimum Gasteiger partial charge on any atom is -0.338 e. The third-order valence-electron chi connectivity index (χ3n) is 7.66. The van der Waals surface area contributed by atoms with Gasteiger partial charge in [-0.2, -0.15) is 0 Å². The Bertz CT molecular complexity index is 987. The van der Waals surface area contributed by atoms with Crippen LogP contribution in [0, 0.1) is 0 Å². The van der Waals surface area contributed by atoms with Crippen molar-refractivity contribution in [1.82, 2.24) is 4.57 Å². The molecule has 1 heterocycles. The van der Waals surface area contributed by atoms with Crippen LogP contribution in [-0.2, 0) is 0 Å². The largest absolute Gasteiger partial charge is 0.338 e. The Morgan fingerprint density at radius 1 is 0.742 bits per heavy atom. The summed E-state index contributed by atoms with van der Waals surface area (Å²) in [5, 5.41) is 3.08. The Balaban J connectivity index is 1.65. The van der Waals surface area contributed by atoms with E-state index < -0.39 is 0 Å². The van der Waals surface area contributed by atoms with E-state index in [-0.39, 0.29) is 7.92 Å². The minimum atomic E-state index is -0.111. The molecular weight excluding hydrogens is 393 g/mol. The highest BCUT2D eigenvalue weighted by molar-refractivity contribution is 7.67. The summed E-state index contributed by atoms with van der Waals surface area (Å²) in [4.78, 5) is 0. The maximum atomic E-state index is 2.59. The fourth-order valence-corrected chi connectivity index (χ4v) is 10.2. The van der Waals surface area contributed by atoms with Gasteiger partial charge in [0.2, 0.25) is 0 Å². The van der Waals surface area contributed by atoms with Crippen LogP contribution >= 0.6 is 7.92 Å². The summed E-state index contributed by atoms with van der Waals surface area (Å²) in [6.45, 7) is 4.67. The average molecular weight is 432 g/mol. The van der Waals surface area contributed by atoms with Gasteiger partial charge >= 0.3 is 0 Å². The van der Waals surface area contributed by atoms with Crippen LogP contribution in [-0.4, -0.2) is 15.9 Å². The van der Waals surface area contributed by atoms with Crippen molar-refractivity contribution in [1.29, 1.82) is 0 Å². The van der Waals surface area contributed by atoms with Crippen molar-refractivity contribution >= 4 is 24.1 Å². The lowest BCUT2D eigenvalue weighted by Gasteiger charge is -2.39. The second-order valence-electron chi connectivity index (χ2n) is 10.1. The van der Waals surface area contributed by atoms with Crippen LogP contribution in [0.1, 0.15) is 84.1 Å². The number of aromatic nitrogens is 1. The van der Waals surface area contributed by atoms with Gasteiger partial charge in [0.15, 0.2) is 0 Å². The first-order valence-corrected chi connectivity index (χ1v) is 14.2. The van der Waals surface area contributed by atoms with E-state index in [1.165, 1.54) is 86.4 Å². The molecule has 0 saturated heterocycles. The van der Waals surface area contributed by atoms with Gasteiger partial charge in [0, 0.05) is 28.2 Å². The molecule has 2 heteroatoms. The van der Waals surface area contributed by atoms with Crippen LogP contribution < -0.4 is 5.30 Å². The van der Waals surface area contributed by atoms with Crippen LogP contribution in [0.25, 0.3) is 22.2 Å². The third kappa shape index (κ3) is 4.23. The van der Waals surface area contributed by atoms with Gasteiger partial charge in [-0.1, -0.05) is 88.9 Å². The topological polar surface area (TPSA) is 4.93 Å². The first kappa shape index (κ1) is 21.3. The second-order valence-corrected chi connectivity index (χ2v) is 12.8. The quantitative estimate of drug-likeness (QED) is 0.356. The molecule has 1 aromatic heterocycles. The summed E-state index contributed by atoms with van der Waals surface area (Å²) in [6.07, 6.45) is 14.5. The first-order chi connectivity index (χ1) is 15.2. The van der Waals surface area contributed by atoms with E-state index in [1.54, 1.807) is 5.30 Å². The molecule has 1 nitrogen and oxygen atoms in total. The molecule has 0 spiro atoms. The Labute approximate surface area is 190 Å². The van der Waals surface area contributed by atoms with E-state index in [2.05, 4.69) is 73.0 Å². The van der Waals surface area contributed by atoms with Crippen molar-refractivity contribution in [2.45, 2.75) is 95.4 Å². The molecule has 0 atom stereocenters. The summed E-state index contributed by atoms with van der Waals surface area (Å²) in [5.74, 6) is 0. The second kappa shape index (κ2) is 9.50. The Hall–Kier alpha value is -1.59. The van der Waals surface area contributed by atoms with Crippen LogP contribution in [0.5, 0.6) is 0 Å². The van der Waals surface area contributed by atoms with Crippen LogP contribution in [0.4, 0.5) is 0 Å². The van der Waals surface area contributed by atoms with E-state index in [0.717, 1.165) is 11.3 Å². The fourth-order valence-electron chi connectivity index (χ4n) is 6.26. The molecule has 2 fully saturated rings. The zero-order chi connectivity index (χ0) is 21.2. The zero-order valence-electron chi connectivity index (χ0n) is 19.4. The van der Waals surface area contributed by atoms with Crippen molar-refractivity contribution in [3.05, 3.63) is 54.6 Å². The number of nitrogens with zero attached hydrogens (tertiary/aromatic N) is 1. The van der Waals surface area contributed by atoms with Gasteiger partial charge in [0.25, 0.3) is 0 Å². The van der Waals surface area contributed by atoms with Gasteiger partial charge in [-0.15, -0.1) is 0 Å². The van der Waals surface area contributed by atoms with Crippen molar-refractivity contribution in [3.8, 4) is 11.3 Å². The van der Waals surface area contributed by atoms with E-state index in [0.29, 0.717) is 6.04 Å². The minimum absolute atomic E-state index is 0.111. The van der Waals surface area contributed by atoms with E-state index in [9.17, 15) is 0 Å². The molecule has 0 radical (unpaired) electrons. The molecule has 2 aliphatic carbocycles.